The van der Waals surface area contributed by atoms with Crippen molar-refractivity contribution in [3.8, 4) is 11.4 Å². The lowest BCUT2D eigenvalue weighted by Crippen LogP contribution is -2.19. The number of rotatable bonds is 3. The quantitative estimate of drug-likeness (QED) is 0.684. The summed E-state index contributed by atoms with van der Waals surface area (Å²) in [4.78, 5) is 10.8. The number of methoxy groups -OCH3 is 1. The molecule has 2 N–H and O–H groups in total. The van der Waals surface area contributed by atoms with Gasteiger partial charge in [-0.1, -0.05) is 26.0 Å². The van der Waals surface area contributed by atoms with Gasteiger partial charge in [-0.05, 0) is 12.1 Å². The summed E-state index contributed by atoms with van der Waals surface area (Å²) in [6.45, 7) is 5.82. The number of ether oxygens (including phenoxy) is 1. The molecule has 0 saturated carbocycles. The summed E-state index contributed by atoms with van der Waals surface area (Å²) in [5.74, 6) is 0.656. The lowest BCUT2D eigenvalue weighted by atomic mass is 9.91. The van der Waals surface area contributed by atoms with Gasteiger partial charge in [0.25, 0.3) is 5.69 Å². The summed E-state index contributed by atoms with van der Waals surface area (Å²) in [5.41, 5.74) is 6.30. The summed E-state index contributed by atoms with van der Waals surface area (Å²) in [6, 6.07) is 4.55. The van der Waals surface area contributed by atoms with Crippen LogP contribution in [0.25, 0.3) is 5.69 Å². The first-order chi connectivity index (χ1) is 9.75. The number of nitro groups is 1. The molecule has 0 amide bonds. The van der Waals surface area contributed by atoms with Crippen LogP contribution in [-0.4, -0.2) is 27.0 Å². The molecule has 0 bridgehead atoms. The van der Waals surface area contributed by atoms with Gasteiger partial charge in [0.1, 0.15) is 11.4 Å². The highest BCUT2D eigenvalue weighted by atomic mass is 16.6. The van der Waals surface area contributed by atoms with Crippen LogP contribution in [0.5, 0.6) is 5.75 Å². The summed E-state index contributed by atoms with van der Waals surface area (Å²) in [7, 11) is 1.45. The topological polar surface area (TPSA) is 109 Å². The van der Waals surface area contributed by atoms with E-state index >= 15 is 0 Å². The van der Waals surface area contributed by atoms with Gasteiger partial charge in [0.05, 0.1) is 23.8 Å². The van der Waals surface area contributed by atoms with Crippen LogP contribution in [0.15, 0.2) is 18.2 Å². The maximum absolute atomic E-state index is 11.3. The fraction of sp³-hybridized carbons (Fsp3) is 0.385. The first-order valence-corrected chi connectivity index (χ1v) is 6.30. The van der Waals surface area contributed by atoms with Gasteiger partial charge in [-0.2, -0.15) is 0 Å². The molecular formula is C13H17N5O3. The Labute approximate surface area is 121 Å². The Hall–Kier alpha value is -2.64. The number of nitrogens with two attached hydrogens (primary N) is 1. The average Bonchev–Trinajstić information content (AvgIpc) is 2.79. The number of anilines is 1. The van der Waals surface area contributed by atoms with E-state index < -0.39 is 4.92 Å². The summed E-state index contributed by atoms with van der Waals surface area (Å²) in [5, 5.41) is 19.1. The third-order valence-electron chi connectivity index (χ3n) is 3.01. The molecule has 1 aromatic carbocycles. The number of nitrogen functional groups attached to an aromatic ring is 1. The molecule has 0 unspecified atom stereocenters. The van der Waals surface area contributed by atoms with Gasteiger partial charge in [-0.3, -0.25) is 10.1 Å². The van der Waals surface area contributed by atoms with Crippen LogP contribution in [0, 0.1) is 10.1 Å². The van der Waals surface area contributed by atoms with Crippen molar-refractivity contribution < 1.29 is 9.66 Å². The molecule has 1 aromatic heterocycles. The molecule has 0 fully saturated rings. The molecule has 2 aromatic rings. The predicted molar refractivity (Wildman–Crippen MR) is 77.7 cm³/mol. The zero-order valence-electron chi connectivity index (χ0n) is 12.3. The first kappa shape index (κ1) is 14.8. The number of nitro benzene ring substituents is 1. The number of hydrogen-bond acceptors (Lipinski definition) is 6. The number of benzene rings is 1. The average molecular weight is 291 g/mol. The molecule has 8 heteroatoms. The number of hydrogen-bond donors (Lipinski definition) is 1. The van der Waals surface area contributed by atoms with E-state index in [4.69, 9.17) is 10.5 Å². The van der Waals surface area contributed by atoms with E-state index in [1.165, 1.54) is 17.9 Å². The van der Waals surface area contributed by atoms with E-state index in [9.17, 15) is 10.1 Å². The molecule has 0 saturated heterocycles. The Kier molecular flexibility index (Phi) is 3.54. The SMILES string of the molecule is COc1ccc(-n2nnc(N)c2C(C)(C)C)c([N+](=O)[O-])c1. The van der Waals surface area contributed by atoms with Crippen molar-refractivity contribution in [1.82, 2.24) is 15.0 Å². The smallest absolute Gasteiger partial charge is 0.298 e. The molecular weight excluding hydrogens is 274 g/mol. The maximum atomic E-state index is 11.3. The zero-order valence-corrected chi connectivity index (χ0v) is 12.3. The fourth-order valence-corrected chi connectivity index (χ4v) is 2.12. The zero-order chi connectivity index (χ0) is 15.8. The van der Waals surface area contributed by atoms with E-state index in [0.29, 0.717) is 17.1 Å². The van der Waals surface area contributed by atoms with Crippen LogP contribution in [0.4, 0.5) is 11.5 Å². The minimum Gasteiger partial charge on any atom is -0.496 e. The third kappa shape index (κ3) is 2.64. The fourth-order valence-electron chi connectivity index (χ4n) is 2.12. The second-order valence-corrected chi connectivity index (χ2v) is 5.60. The highest BCUT2D eigenvalue weighted by Crippen LogP contribution is 2.33. The second kappa shape index (κ2) is 5.04. The molecule has 0 aliphatic rings. The molecule has 2 rings (SSSR count). The molecule has 0 aliphatic heterocycles. The van der Waals surface area contributed by atoms with E-state index in [2.05, 4.69) is 10.3 Å². The highest BCUT2D eigenvalue weighted by Gasteiger charge is 2.28. The highest BCUT2D eigenvalue weighted by molar-refractivity contribution is 5.58. The minimum absolute atomic E-state index is 0.121. The van der Waals surface area contributed by atoms with Crippen LogP contribution in [0.3, 0.4) is 0 Å². The van der Waals surface area contributed by atoms with Crippen molar-refractivity contribution >= 4 is 11.5 Å². The van der Waals surface area contributed by atoms with Crippen LogP contribution in [0.2, 0.25) is 0 Å². The van der Waals surface area contributed by atoms with Crippen LogP contribution >= 0.6 is 0 Å². The predicted octanol–water partition coefficient (Wildman–Crippen LogP) is 2.06. The van der Waals surface area contributed by atoms with Gasteiger partial charge in [0.2, 0.25) is 0 Å². The summed E-state index contributed by atoms with van der Waals surface area (Å²) in [6.07, 6.45) is 0. The van der Waals surface area contributed by atoms with Gasteiger partial charge in [-0.25, -0.2) is 4.68 Å². The van der Waals surface area contributed by atoms with Crippen molar-refractivity contribution in [1.29, 1.82) is 0 Å². The van der Waals surface area contributed by atoms with Crippen LogP contribution in [-0.2, 0) is 5.41 Å². The Bertz CT molecular complexity index is 688. The molecule has 0 atom stereocenters. The normalized spacial score (nSPS) is 11.4. The van der Waals surface area contributed by atoms with Crippen molar-refractivity contribution in [3.05, 3.63) is 34.0 Å². The van der Waals surface area contributed by atoms with E-state index in [1.54, 1.807) is 12.1 Å². The Morgan fingerprint density at radius 2 is 2.05 bits per heavy atom. The van der Waals surface area contributed by atoms with Crippen LogP contribution < -0.4 is 10.5 Å². The Balaban J connectivity index is 2.71. The van der Waals surface area contributed by atoms with E-state index in [0.717, 1.165) is 0 Å². The molecule has 8 nitrogen and oxygen atoms in total. The van der Waals surface area contributed by atoms with Gasteiger partial charge < -0.3 is 10.5 Å². The minimum atomic E-state index is -0.484. The Morgan fingerprint density at radius 1 is 1.38 bits per heavy atom. The largest absolute Gasteiger partial charge is 0.496 e. The van der Waals surface area contributed by atoms with Crippen molar-refractivity contribution in [2.75, 3.05) is 12.8 Å². The lowest BCUT2D eigenvalue weighted by Gasteiger charge is -2.20. The van der Waals surface area contributed by atoms with Gasteiger partial charge in [-0.15, -0.1) is 5.10 Å². The molecule has 0 radical (unpaired) electrons. The standard InChI is InChI=1S/C13H17N5O3/c1-13(2,3)11-12(14)15-16-17(11)9-6-5-8(21-4)7-10(9)18(19)20/h5-7H,14H2,1-4H3. The molecule has 21 heavy (non-hydrogen) atoms. The number of aromatic nitrogens is 3. The van der Waals surface area contributed by atoms with Gasteiger partial charge in [0.15, 0.2) is 5.82 Å². The van der Waals surface area contributed by atoms with Gasteiger partial charge in [0, 0.05) is 5.41 Å². The first-order valence-electron chi connectivity index (χ1n) is 6.30. The van der Waals surface area contributed by atoms with Gasteiger partial charge >= 0.3 is 0 Å². The second-order valence-electron chi connectivity index (χ2n) is 5.60. The van der Waals surface area contributed by atoms with E-state index in [1.807, 2.05) is 20.8 Å². The maximum Gasteiger partial charge on any atom is 0.298 e. The van der Waals surface area contributed by atoms with E-state index in [-0.39, 0.29) is 16.9 Å². The van der Waals surface area contributed by atoms with Crippen molar-refractivity contribution in [2.24, 2.45) is 0 Å². The summed E-state index contributed by atoms with van der Waals surface area (Å²) >= 11 is 0. The lowest BCUT2D eigenvalue weighted by molar-refractivity contribution is -0.384. The van der Waals surface area contributed by atoms with Crippen LogP contribution in [0.1, 0.15) is 26.5 Å². The van der Waals surface area contributed by atoms with Crippen molar-refractivity contribution in [3.63, 3.8) is 0 Å². The molecule has 1 heterocycles. The monoisotopic (exact) mass is 291 g/mol. The Morgan fingerprint density at radius 3 is 2.57 bits per heavy atom. The molecule has 0 aliphatic carbocycles. The van der Waals surface area contributed by atoms with Crippen molar-refractivity contribution in [2.45, 2.75) is 26.2 Å². The molecule has 112 valence electrons. The molecule has 0 spiro atoms. The summed E-state index contributed by atoms with van der Waals surface area (Å²) < 4.78 is 6.43. The third-order valence-corrected chi connectivity index (χ3v) is 3.01. The number of nitrogens with zero attached hydrogens (tertiary/aromatic N) is 4.